The molecular weight excluding hydrogens is 202 g/mol. The Morgan fingerprint density at radius 1 is 1.25 bits per heavy atom. The van der Waals surface area contributed by atoms with E-state index in [1.807, 2.05) is 49.3 Å². The third-order valence-corrected chi connectivity index (χ3v) is 2.30. The van der Waals surface area contributed by atoms with Crippen LogP contribution in [0.25, 0.3) is 6.08 Å². The van der Waals surface area contributed by atoms with Crippen LogP contribution < -0.4 is 10.2 Å². The van der Waals surface area contributed by atoms with Crippen molar-refractivity contribution in [2.24, 2.45) is 4.99 Å². The molecule has 0 saturated heterocycles. The molecule has 16 heavy (non-hydrogen) atoms. The number of nitrogens with one attached hydrogen (secondary N) is 1. The van der Waals surface area contributed by atoms with Gasteiger partial charge in [0.15, 0.2) is 0 Å². The molecule has 0 aliphatic carbocycles. The van der Waals surface area contributed by atoms with Gasteiger partial charge in [-0.1, -0.05) is 12.1 Å². The van der Waals surface area contributed by atoms with Gasteiger partial charge in [-0.2, -0.15) is 4.99 Å². The number of anilines is 1. The van der Waals surface area contributed by atoms with E-state index in [1.54, 1.807) is 0 Å². The van der Waals surface area contributed by atoms with Gasteiger partial charge in [0, 0.05) is 19.8 Å². The molecule has 0 spiro atoms. The molecule has 1 heterocycles. The minimum atomic E-state index is -0.309. The molecule has 1 N–H and O–H groups in total. The van der Waals surface area contributed by atoms with Gasteiger partial charge in [0.05, 0.1) is 11.9 Å². The van der Waals surface area contributed by atoms with Crippen LogP contribution in [0.5, 0.6) is 0 Å². The Labute approximate surface area is 94.3 Å². The fraction of sp³-hybridized carbons (Fsp3) is 0.167. The number of benzene rings is 1. The Hall–Kier alpha value is -2.10. The zero-order valence-electron chi connectivity index (χ0n) is 9.27. The van der Waals surface area contributed by atoms with Crippen LogP contribution >= 0.6 is 0 Å². The zero-order chi connectivity index (χ0) is 11.5. The quantitative estimate of drug-likeness (QED) is 0.818. The summed E-state index contributed by atoms with van der Waals surface area (Å²) in [6.45, 7) is 0. The second-order valence-electron chi connectivity index (χ2n) is 3.77. The number of carbonyl (C=O) groups excluding carboxylic acids is 1. The molecule has 1 aromatic carbocycles. The molecule has 1 aromatic rings. The number of nitrogens with zero attached hydrogens (tertiary/aromatic N) is 2. The van der Waals surface area contributed by atoms with Gasteiger partial charge in [0.1, 0.15) is 0 Å². The van der Waals surface area contributed by atoms with E-state index >= 15 is 0 Å². The lowest BCUT2D eigenvalue weighted by atomic mass is 10.1. The van der Waals surface area contributed by atoms with Gasteiger partial charge in [-0.25, -0.2) is 4.79 Å². The van der Waals surface area contributed by atoms with E-state index in [0.29, 0.717) is 0 Å². The second-order valence-corrected chi connectivity index (χ2v) is 3.77. The Morgan fingerprint density at radius 2 is 1.94 bits per heavy atom. The fourth-order valence-electron chi connectivity index (χ4n) is 1.44. The third kappa shape index (κ3) is 2.28. The van der Waals surface area contributed by atoms with Gasteiger partial charge in [-0.15, -0.1) is 0 Å². The first-order chi connectivity index (χ1) is 7.65. The van der Waals surface area contributed by atoms with Gasteiger partial charge in [0.2, 0.25) is 0 Å². The summed E-state index contributed by atoms with van der Waals surface area (Å²) >= 11 is 0. The maximum atomic E-state index is 10.8. The third-order valence-electron chi connectivity index (χ3n) is 2.30. The first kappa shape index (κ1) is 10.4. The van der Waals surface area contributed by atoms with Crippen LogP contribution in [0, 0.1) is 0 Å². The maximum Gasteiger partial charge on any atom is 0.345 e. The van der Waals surface area contributed by atoms with Crippen LogP contribution in [0.2, 0.25) is 0 Å². The van der Waals surface area contributed by atoms with E-state index in [-0.39, 0.29) is 6.03 Å². The number of hydrogen-bond acceptors (Lipinski definition) is 2. The van der Waals surface area contributed by atoms with E-state index in [9.17, 15) is 4.79 Å². The molecule has 1 aliphatic heterocycles. The van der Waals surface area contributed by atoms with Crippen LogP contribution in [0.3, 0.4) is 0 Å². The van der Waals surface area contributed by atoms with Gasteiger partial charge >= 0.3 is 6.03 Å². The molecule has 0 unspecified atom stereocenters. The number of urea groups is 1. The summed E-state index contributed by atoms with van der Waals surface area (Å²) in [6.07, 6.45) is 3.41. The molecule has 0 bridgehead atoms. The van der Waals surface area contributed by atoms with E-state index in [4.69, 9.17) is 0 Å². The molecule has 0 atom stereocenters. The molecular formula is C12H13N3O. The molecule has 0 saturated carbocycles. The highest BCUT2D eigenvalue weighted by atomic mass is 16.2. The molecule has 4 nitrogen and oxygen atoms in total. The van der Waals surface area contributed by atoms with Crippen molar-refractivity contribution in [3.05, 3.63) is 35.5 Å². The van der Waals surface area contributed by atoms with E-state index in [2.05, 4.69) is 10.3 Å². The van der Waals surface area contributed by atoms with Gasteiger partial charge in [-0.05, 0) is 23.8 Å². The normalized spacial score (nSPS) is 16.6. The van der Waals surface area contributed by atoms with Crippen LogP contribution in [0.1, 0.15) is 5.56 Å². The van der Waals surface area contributed by atoms with Gasteiger partial charge in [0.25, 0.3) is 0 Å². The SMILES string of the molecule is CN(C)c1ccc(C=C2C=NC(=O)N2)cc1. The summed E-state index contributed by atoms with van der Waals surface area (Å²) in [5, 5.41) is 2.63. The van der Waals surface area contributed by atoms with Crippen LogP contribution in [-0.4, -0.2) is 26.3 Å². The van der Waals surface area contributed by atoms with Crippen molar-refractivity contribution in [1.82, 2.24) is 5.32 Å². The highest BCUT2D eigenvalue weighted by molar-refractivity contribution is 6.02. The Morgan fingerprint density at radius 3 is 2.44 bits per heavy atom. The highest BCUT2D eigenvalue weighted by Crippen LogP contribution is 2.14. The lowest BCUT2D eigenvalue weighted by Crippen LogP contribution is -2.11. The lowest BCUT2D eigenvalue weighted by Gasteiger charge is -2.11. The molecule has 2 rings (SSSR count). The van der Waals surface area contributed by atoms with Crippen molar-refractivity contribution in [3.8, 4) is 0 Å². The number of carbonyl (C=O) groups is 1. The predicted molar refractivity (Wildman–Crippen MR) is 65.8 cm³/mol. The topological polar surface area (TPSA) is 44.7 Å². The van der Waals surface area contributed by atoms with E-state index in [0.717, 1.165) is 16.9 Å². The number of allylic oxidation sites excluding steroid dienone is 1. The predicted octanol–water partition coefficient (Wildman–Crippen LogP) is 1.89. The van der Waals surface area contributed by atoms with Crippen molar-refractivity contribution in [1.29, 1.82) is 0 Å². The highest BCUT2D eigenvalue weighted by Gasteiger charge is 2.07. The van der Waals surface area contributed by atoms with Crippen LogP contribution in [0.4, 0.5) is 10.5 Å². The lowest BCUT2D eigenvalue weighted by molar-refractivity contribution is 0.253. The van der Waals surface area contributed by atoms with Crippen molar-refractivity contribution >= 4 is 24.0 Å². The summed E-state index contributed by atoms with van der Waals surface area (Å²) in [5.41, 5.74) is 2.91. The molecule has 0 aromatic heterocycles. The van der Waals surface area contributed by atoms with E-state index < -0.39 is 0 Å². The standard InChI is InChI=1S/C12H13N3O/c1-15(2)11-5-3-9(4-6-11)7-10-8-13-12(16)14-10/h3-8H,1-2H3,(H,14,16). The maximum absolute atomic E-state index is 10.8. The van der Waals surface area contributed by atoms with Crippen molar-refractivity contribution in [2.45, 2.75) is 0 Å². The fourth-order valence-corrected chi connectivity index (χ4v) is 1.44. The molecule has 1 aliphatic rings. The van der Waals surface area contributed by atoms with Gasteiger partial charge < -0.3 is 10.2 Å². The molecule has 2 amide bonds. The van der Waals surface area contributed by atoms with E-state index in [1.165, 1.54) is 6.21 Å². The summed E-state index contributed by atoms with van der Waals surface area (Å²) < 4.78 is 0. The molecule has 0 radical (unpaired) electrons. The number of amides is 2. The number of rotatable bonds is 2. The van der Waals surface area contributed by atoms with Crippen molar-refractivity contribution in [3.63, 3.8) is 0 Å². The molecule has 82 valence electrons. The number of hydrogen-bond donors (Lipinski definition) is 1. The zero-order valence-corrected chi connectivity index (χ0v) is 9.27. The smallest absolute Gasteiger partial charge is 0.345 e. The minimum Gasteiger partial charge on any atom is -0.378 e. The van der Waals surface area contributed by atoms with Gasteiger partial charge in [-0.3, -0.25) is 0 Å². The van der Waals surface area contributed by atoms with Crippen LogP contribution in [-0.2, 0) is 0 Å². The Balaban J connectivity index is 2.17. The summed E-state index contributed by atoms with van der Waals surface area (Å²) in [4.78, 5) is 16.5. The summed E-state index contributed by atoms with van der Waals surface area (Å²) in [7, 11) is 3.99. The minimum absolute atomic E-state index is 0.309. The van der Waals surface area contributed by atoms with Crippen molar-refractivity contribution < 1.29 is 4.79 Å². The van der Waals surface area contributed by atoms with Crippen LogP contribution in [0.15, 0.2) is 35.0 Å². The largest absolute Gasteiger partial charge is 0.378 e. The average molecular weight is 215 g/mol. The average Bonchev–Trinajstić information content (AvgIpc) is 2.65. The summed E-state index contributed by atoms with van der Waals surface area (Å²) in [6, 6.07) is 7.75. The summed E-state index contributed by atoms with van der Waals surface area (Å²) in [5.74, 6) is 0. The Kier molecular flexibility index (Phi) is 2.72. The second kappa shape index (κ2) is 4.18. The number of aliphatic imine (C=N–C) groups is 1. The first-order valence-corrected chi connectivity index (χ1v) is 4.99. The first-order valence-electron chi connectivity index (χ1n) is 4.99. The van der Waals surface area contributed by atoms with Crippen molar-refractivity contribution in [2.75, 3.05) is 19.0 Å². The molecule has 0 fully saturated rings. The molecule has 4 heteroatoms. The Bertz CT molecular complexity index is 458. The monoisotopic (exact) mass is 215 g/mol.